The third-order valence-electron chi connectivity index (χ3n) is 2.75. The number of aliphatic carboxylic acids is 1. The van der Waals surface area contributed by atoms with Crippen LogP contribution in [0.1, 0.15) is 0 Å². The normalized spacial score (nSPS) is 9.64. The van der Waals surface area contributed by atoms with Crippen molar-refractivity contribution in [3.63, 3.8) is 0 Å². The quantitative estimate of drug-likeness (QED) is 0.726. The fourth-order valence-corrected chi connectivity index (χ4v) is 1.75. The maximum absolute atomic E-state index is 10.7. The second kappa shape index (κ2) is 7.64. The first-order valence-corrected chi connectivity index (χ1v) is 6.65. The number of anilines is 1. The van der Waals surface area contributed by atoms with Gasteiger partial charge in [-0.15, -0.1) is 0 Å². The first-order chi connectivity index (χ1) is 10.6. The van der Waals surface area contributed by atoms with E-state index in [2.05, 4.69) is 5.32 Å². The van der Waals surface area contributed by atoms with E-state index in [1.807, 2.05) is 48.5 Å². The van der Waals surface area contributed by atoms with Crippen LogP contribution in [0.3, 0.4) is 0 Å². The van der Waals surface area contributed by atoms with Crippen LogP contribution in [0.2, 0.25) is 0 Å². The van der Waals surface area contributed by atoms with Gasteiger partial charge in [0.05, 0.1) is 0 Å². The van der Waals surface area contributed by atoms with Crippen LogP contribution in [0.15, 0.2) is 75.9 Å². The summed E-state index contributed by atoms with van der Waals surface area (Å²) in [4.78, 5) is 20.8. The first kappa shape index (κ1) is 15.3. The monoisotopic (exact) mass is 297 g/mol. The van der Waals surface area contributed by atoms with Gasteiger partial charge in [-0.2, -0.15) is 0 Å². The Morgan fingerprint density at radius 3 is 2.36 bits per heavy atom. The Balaban J connectivity index is 0.000000160. The van der Waals surface area contributed by atoms with Crippen molar-refractivity contribution in [3.8, 4) is 0 Å². The molecule has 0 unspecified atom stereocenters. The number of hydrogen-bond acceptors (Lipinski definition) is 4. The van der Waals surface area contributed by atoms with Crippen molar-refractivity contribution in [1.29, 1.82) is 0 Å². The van der Waals surface area contributed by atoms with E-state index in [0.29, 0.717) is 5.58 Å². The fraction of sp³-hybridized carbons (Fsp3) is 0.0588. The molecule has 0 aliphatic heterocycles. The molecule has 0 atom stereocenters. The molecule has 3 rings (SSSR count). The van der Waals surface area contributed by atoms with Gasteiger partial charge in [-0.3, -0.25) is 4.79 Å². The summed E-state index contributed by atoms with van der Waals surface area (Å²) in [5.41, 5.74) is 1.17. The number of benzene rings is 2. The van der Waals surface area contributed by atoms with Crippen LogP contribution >= 0.6 is 0 Å². The maximum atomic E-state index is 10.7. The number of para-hydroxylation sites is 2. The number of carboxylic acids is 1. The third kappa shape index (κ3) is 4.79. The molecular formula is C17H15NO4. The smallest absolute Gasteiger partial charge is 0.336 e. The topological polar surface area (TPSA) is 79.5 Å². The zero-order valence-electron chi connectivity index (χ0n) is 11.7. The minimum atomic E-state index is -0.853. The highest BCUT2D eigenvalue weighted by Crippen LogP contribution is 2.09. The fourth-order valence-electron chi connectivity index (χ4n) is 1.75. The molecule has 22 heavy (non-hydrogen) atoms. The van der Waals surface area contributed by atoms with Gasteiger partial charge < -0.3 is 14.8 Å². The second-order valence-electron chi connectivity index (χ2n) is 4.41. The molecular weight excluding hydrogens is 282 g/mol. The van der Waals surface area contributed by atoms with E-state index in [1.165, 1.54) is 6.07 Å². The molecule has 0 saturated heterocycles. The van der Waals surface area contributed by atoms with E-state index >= 15 is 0 Å². The Morgan fingerprint density at radius 1 is 0.955 bits per heavy atom. The summed E-state index contributed by atoms with van der Waals surface area (Å²) in [7, 11) is 0. The zero-order valence-corrected chi connectivity index (χ0v) is 11.7. The van der Waals surface area contributed by atoms with Gasteiger partial charge in [0.15, 0.2) is 0 Å². The standard InChI is InChI=1S/C9H6O2.C8H9NO2/c10-9-6-5-7-3-1-2-4-8(7)11-9;10-8(11)6-9-7-4-2-1-3-5-7/h1-6H;1-5,9H,6H2,(H,10,11). The highest BCUT2D eigenvalue weighted by molar-refractivity contribution is 5.75. The Hall–Kier alpha value is -3.08. The summed E-state index contributed by atoms with van der Waals surface area (Å²) in [5.74, 6) is -0.853. The molecule has 0 fully saturated rings. The molecule has 0 amide bonds. The minimum Gasteiger partial charge on any atom is -0.480 e. The van der Waals surface area contributed by atoms with E-state index < -0.39 is 5.97 Å². The van der Waals surface area contributed by atoms with E-state index in [9.17, 15) is 9.59 Å². The summed E-state index contributed by atoms with van der Waals surface area (Å²) in [5, 5.41) is 12.0. The van der Waals surface area contributed by atoms with Crippen molar-refractivity contribution in [1.82, 2.24) is 0 Å². The minimum absolute atomic E-state index is 0.0377. The summed E-state index contributed by atoms with van der Waals surface area (Å²) in [6, 6.07) is 19.8. The highest BCUT2D eigenvalue weighted by Gasteiger charge is 1.94. The Morgan fingerprint density at radius 2 is 1.64 bits per heavy atom. The molecule has 5 nitrogen and oxygen atoms in total. The van der Waals surface area contributed by atoms with Crippen LogP contribution in [0.4, 0.5) is 5.69 Å². The van der Waals surface area contributed by atoms with Crippen molar-refractivity contribution in [2.45, 2.75) is 0 Å². The van der Waals surface area contributed by atoms with Gasteiger partial charge in [-0.05, 0) is 24.3 Å². The Bertz CT molecular complexity index is 796. The van der Waals surface area contributed by atoms with Crippen LogP contribution in [-0.4, -0.2) is 17.6 Å². The summed E-state index contributed by atoms with van der Waals surface area (Å²) >= 11 is 0. The largest absolute Gasteiger partial charge is 0.480 e. The average Bonchev–Trinajstić information content (AvgIpc) is 2.54. The van der Waals surface area contributed by atoms with Crippen molar-refractivity contribution >= 4 is 22.6 Å². The van der Waals surface area contributed by atoms with E-state index in [1.54, 1.807) is 12.1 Å². The lowest BCUT2D eigenvalue weighted by atomic mass is 10.2. The highest BCUT2D eigenvalue weighted by atomic mass is 16.4. The second-order valence-corrected chi connectivity index (χ2v) is 4.41. The summed E-state index contributed by atoms with van der Waals surface area (Å²) < 4.78 is 4.91. The van der Waals surface area contributed by atoms with Crippen LogP contribution in [0.25, 0.3) is 11.0 Å². The van der Waals surface area contributed by atoms with E-state index in [4.69, 9.17) is 9.52 Å². The summed E-state index contributed by atoms with van der Waals surface area (Å²) in [6.07, 6.45) is 0. The molecule has 0 aliphatic rings. The number of carboxylic acid groups (broad SMARTS) is 1. The summed E-state index contributed by atoms with van der Waals surface area (Å²) in [6.45, 7) is -0.0377. The molecule has 0 spiro atoms. The lowest BCUT2D eigenvalue weighted by molar-refractivity contribution is -0.134. The van der Waals surface area contributed by atoms with Crippen molar-refractivity contribution in [2.75, 3.05) is 11.9 Å². The average molecular weight is 297 g/mol. The molecule has 112 valence electrons. The van der Waals surface area contributed by atoms with Crippen LogP contribution in [0.5, 0.6) is 0 Å². The molecule has 1 aromatic heterocycles. The lowest BCUT2D eigenvalue weighted by Gasteiger charge is -2.00. The first-order valence-electron chi connectivity index (χ1n) is 6.65. The molecule has 0 saturated carbocycles. The van der Waals surface area contributed by atoms with Crippen LogP contribution < -0.4 is 10.9 Å². The number of carbonyl (C=O) groups is 1. The van der Waals surface area contributed by atoms with Gasteiger partial charge in [-0.1, -0.05) is 36.4 Å². The molecule has 3 aromatic rings. The van der Waals surface area contributed by atoms with E-state index in [0.717, 1.165) is 11.1 Å². The maximum Gasteiger partial charge on any atom is 0.336 e. The third-order valence-corrected chi connectivity index (χ3v) is 2.75. The number of rotatable bonds is 3. The van der Waals surface area contributed by atoms with Gasteiger partial charge in [-0.25, -0.2) is 4.79 Å². The molecule has 0 bridgehead atoms. The molecule has 2 N–H and O–H groups in total. The van der Waals surface area contributed by atoms with E-state index in [-0.39, 0.29) is 12.2 Å². The van der Waals surface area contributed by atoms with Crippen LogP contribution in [0, 0.1) is 0 Å². The predicted molar refractivity (Wildman–Crippen MR) is 85.1 cm³/mol. The SMILES string of the molecule is O=C(O)CNc1ccccc1.O=c1ccc2ccccc2o1. The van der Waals surface area contributed by atoms with Crippen LogP contribution in [-0.2, 0) is 4.79 Å². The molecule has 0 aliphatic carbocycles. The van der Waals surface area contributed by atoms with Crippen molar-refractivity contribution in [3.05, 3.63) is 77.2 Å². The van der Waals surface area contributed by atoms with Gasteiger partial charge in [0.25, 0.3) is 0 Å². The van der Waals surface area contributed by atoms with Gasteiger partial charge in [0, 0.05) is 17.1 Å². The van der Waals surface area contributed by atoms with Crippen molar-refractivity contribution < 1.29 is 14.3 Å². The number of fused-ring (bicyclic) bond motifs is 1. The Labute approximate surface area is 126 Å². The molecule has 5 heteroatoms. The van der Waals surface area contributed by atoms with Gasteiger partial charge >= 0.3 is 11.6 Å². The number of nitrogens with one attached hydrogen (secondary N) is 1. The predicted octanol–water partition coefficient (Wildman–Crippen LogP) is 2.98. The Kier molecular flexibility index (Phi) is 5.31. The van der Waals surface area contributed by atoms with Crippen molar-refractivity contribution in [2.24, 2.45) is 0 Å². The number of hydrogen-bond donors (Lipinski definition) is 2. The molecule has 0 radical (unpaired) electrons. The molecule has 1 heterocycles. The van der Waals surface area contributed by atoms with Gasteiger partial charge in [0.2, 0.25) is 0 Å². The zero-order chi connectivity index (χ0) is 15.8. The molecule has 2 aromatic carbocycles. The van der Waals surface area contributed by atoms with Gasteiger partial charge in [0.1, 0.15) is 12.1 Å². The lowest BCUT2D eigenvalue weighted by Crippen LogP contribution is -2.11.